The van der Waals surface area contributed by atoms with E-state index in [1.807, 2.05) is 0 Å². The van der Waals surface area contributed by atoms with E-state index in [0.29, 0.717) is 18.5 Å². The Morgan fingerprint density at radius 2 is 1.79 bits per heavy atom. The lowest BCUT2D eigenvalue weighted by Crippen LogP contribution is -2.51. The predicted octanol–water partition coefficient (Wildman–Crippen LogP) is 4.38. The van der Waals surface area contributed by atoms with Crippen LogP contribution in [0.4, 0.5) is 23.7 Å². The summed E-state index contributed by atoms with van der Waals surface area (Å²) in [5, 5.41) is -0.0326. The van der Waals surface area contributed by atoms with Gasteiger partial charge in [0.05, 0.1) is 6.61 Å². The lowest BCUT2D eigenvalue weighted by Gasteiger charge is -2.39. The molecule has 1 aliphatic carbocycles. The second-order valence-electron chi connectivity index (χ2n) is 6.59. The average Bonchev–Trinajstić information content (AvgIpc) is 2.82. The molecule has 0 N–H and O–H groups in total. The molecule has 2 fully saturated rings. The Labute approximate surface area is 165 Å². The molecule has 10 heteroatoms. The van der Waals surface area contributed by atoms with Crippen LogP contribution < -0.4 is 9.64 Å². The third-order valence-electron chi connectivity index (χ3n) is 4.87. The lowest BCUT2D eigenvalue weighted by molar-refractivity contribution is -0.274. The summed E-state index contributed by atoms with van der Waals surface area (Å²) in [5.74, 6) is -0.834. The molecular weight excluding hydrogens is 397 g/mol. The van der Waals surface area contributed by atoms with Crippen molar-refractivity contribution in [1.29, 1.82) is 0 Å². The highest BCUT2D eigenvalue weighted by Gasteiger charge is 2.58. The summed E-state index contributed by atoms with van der Waals surface area (Å²) < 4.78 is 46.1. The Morgan fingerprint density at radius 3 is 2.32 bits per heavy atom. The monoisotopic (exact) mass is 416 g/mol. The van der Waals surface area contributed by atoms with E-state index in [4.69, 9.17) is 17.0 Å². The second-order valence-corrected chi connectivity index (χ2v) is 6.96. The zero-order chi connectivity index (χ0) is 20.5. The van der Waals surface area contributed by atoms with Crippen molar-refractivity contribution < 1.29 is 32.2 Å². The van der Waals surface area contributed by atoms with Gasteiger partial charge in [0.25, 0.3) is 5.91 Å². The van der Waals surface area contributed by atoms with Crippen molar-refractivity contribution in [3.63, 3.8) is 0 Å². The Balaban J connectivity index is 1.97. The van der Waals surface area contributed by atoms with Crippen LogP contribution in [0.3, 0.4) is 0 Å². The fourth-order valence-corrected chi connectivity index (χ4v) is 4.19. The van der Waals surface area contributed by atoms with Gasteiger partial charge in [0.2, 0.25) is 0 Å². The van der Waals surface area contributed by atoms with Crippen molar-refractivity contribution in [2.45, 2.75) is 50.9 Å². The molecule has 152 valence electrons. The van der Waals surface area contributed by atoms with E-state index in [2.05, 4.69) is 4.74 Å². The van der Waals surface area contributed by atoms with Gasteiger partial charge < -0.3 is 14.4 Å². The van der Waals surface area contributed by atoms with E-state index >= 15 is 0 Å². The highest BCUT2D eigenvalue weighted by atomic mass is 32.1. The zero-order valence-corrected chi connectivity index (χ0v) is 15.9. The molecule has 1 aromatic carbocycles. The summed E-state index contributed by atoms with van der Waals surface area (Å²) in [7, 11) is 0. The molecule has 28 heavy (non-hydrogen) atoms. The van der Waals surface area contributed by atoms with Crippen LogP contribution >= 0.6 is 12.2 Å². The van der Waals surface area contributed by atoms with Crippen LogP contribution in [0, 0.1) is 0 Å². The van der Waals surface area contributed by atoms with Crippen LogP contribution in [-0.4, -0.2) is 40.5 Å². The maximum absolute atomic E-state index is 13.2. The number of rotatable bonds is 3. The second kappa shape index (κ2) is 7.57. The predicted molar refractivity (Wildman–Crippen MR) is 97.9 cm³/mol. The summed E-state index contributed by atoms with van der Waals surface area (Å²) in [4.78, 5) is 27.9. The standard InChI is InChI=1S/C18H19F3N2O4S/c1-2-26-16(25)22-14(24)17(10-4-3-5-11-17)23(15(22)28)12-6-8-13(9-7-12)27-18(19,20)21/h6-9H,2-5,10-11H2,1H3. The lowest BCUT2D eigenvalue weighted by atomic mass is 9.80. The molecule has 1 saturated carbocycles. The summed E-state index contributed by atoms with van der Waals surface area (Å²) in [5.41, 5.74) is -0.615. The van der Waals surface area contributed by atoms with Crippen LogP contribution in [0.25, 0.3) is 0 Å². The molecule has 1 spiro atoms. The van der Waals surface area contributed by atoms with Crippen molar-refractivity contribution in [2.24, 2.45) is 0 Å². The van der Waals surface area contributed by atoms with E-state index in [1.54, 1.807) is 11.8 Å². The third-order valence-corrected chi connectivity index (χ3v) is 5.24. The van der Waals surface area contributed by atoms with E-state index < -0.39 is 23.9 Å². The first kappa shape index (κ1) is 20.4. The fraction of sp³-hybridized carbons (Fsp3) is 0.500. The molecule has 0 unspecified atom stereocenters. The third kappa shape index (κ3) is 3.65. The Morgan fingerprint density at radius 1 is 1.18 bits per heavy atom. The number of carbonyl (C=O) groups excluding carboxylic acids is 2. The number of halogens is 3. The number of hydrogen-bond acceptors (Lipinski definition) is 5. The first-order chi connectivity index (χ1) is 13.2. The molecule has 0 radical (unpaired) electrons. The molecule has 1 aromatic rings. The SMILES string of the molecule is CCOC(=O)N1C(=O)C2(CCCCC2)N(c2ccc(OC(F)(F)F)cc2)C1=S. The van der Waals surface area contributed by atoms with Gasteiger partial charge in [0, 0.05) is 5.69 Å². The van der Waals surface area contributed by atoms with Crippen LogP contribution in [0.1, 0.15) is 39.0 Å². The largest absolute Gasteiger partial charge is 0.573 e. The molecular formula is C18H19F3N2O4S. The van der Waals surface area contributed by atoms with Gasteiger partial charge in [0.1, 0.15) is 11.3 Å². The maximum Gasteiger partial charge on any atom is 0.573 e. The number of imide groups is 1. The number of anilines is 1. The molecule has 1 heterocycles. The fourth-order valence-electron chi connectivity index (χ4n) is 3.75. The molecule has 0 bridgehead atoms. The molecule has 0 atom stereocenters. The minimum absolute atomic E-state index is 0.0326. The van der Waals surface area contributed by atoms with Gasteiger partial charge in [-0.25, -0.2) is 4.79 Å². The highest BCUT2D eigenvalue weighted by Crippen LogP contribution is 2.44. The summed E-state index contributed by atoms with van der Waals surface area (Å²) in [6.45, 7) is 1.71. The molecule has 2 aliphatic rings. The normalized spacial score (nSPS) is 19.3. The molecule has 2 amide bonds. The first-order valence-electron chi connectivity index (χ1n) is 8.91. The smallest absolute Gasteiger partial charge is 0.449 e. The number of thiocarbonyl (C=S) groups is 1. The molecule has 1 aliphatic heterocycles. The Kier molecular flexibility index (Phi) is 5.51. The van der Waals surface area contributed by atoms with Gasteiger partial charge in [-0.1, -0.05) is 19.3 Å². The molecule has 3 rings (SSSR count). The van der Waals surface area contributed by atoms with E-state index in [-0.39, 0.29) is 17.5 Å². The Hall–Kier alpha value is -2.36. The van der Waals surface area contributed by atoms with Gasteiger partial charge in [-0.15, -0.1) is 13.2 Å². The van der Waals surface area contributed by atoms with Crippen LogP contribution in [0.15, 0.2) is 24.3 Å². The van der Waals surface area contributed by atoms with Gasteiger partial charge in [-0.3, -0.25) is 4.79 Å². The zero-order valence-electron chi connectivity index (χ0n) is 15.1. The Bertz CT molecular complexity index is 776. The first-order valence-corrected chi connectivity index (χ1v) is 9.32. The number of ether oxygens (including phenoxy) is 2. The van der Waals surface area contributed by atoms with Gasteiger partial charge in [-0.2, -0.15) is 4.90 Å². The van der Waals surface area contributed by atoms with Crippen LogP contribution in [0.2, 0.25) is 0 Å². The van der Waals surface area contributed by atoms with Crippen LogP contribution in [-0.2, 0) is 9.53 Å². The number of carbonyl (C=O) groups is 2. The molecule has 6 nitrogen and oxygen atoms in total. The van der Waals surface area contributed by atoms with Gasteiger partial charge in [-0.05, 0) is 56.2 Å². The topological polar surface area (TPSA) is 59.1 Å². The summed E-state index contributed by atoms with van der Waals surface area (Å²) in [6, 6.07) is 5.09. The van der Waals surface area contributed by atoms with Crippen molar-refractivity contribution in [3.8, 4) is 5.75 Å². The van der Waals surface area contributed by atoms with Crippen molar-refractivity contribution in [2.75, 3.05) is 11.5 Å². The van der Waals surface area contributed by atoms with Crippen LogP contribution in [0.5, 0.6) is 5.75 Å². The number of alkyl halides is 3. The van der Waals surface area contributed by atoms with Gasteiger partial charge in [0.15, 0.2) is 5.11 Å². The van der Waals surface area contributed by atoms with E-state index in [1.165, 1.54) is 12.1 Å². The number of nitrogens with zero attached hydrogens (tertiary/aromatic N) is 2. The number of amides is 2. The number of benzene rings is 1. The average molecular weight is 416 g/mol. The summed E-state index contributed by atoms with van der Waals surface area (Å²) in [6.07, 6.45) is -2.17. The number of hydrogen-bond donors (Lipinski definition) is 0. The minimum Gasteiger partial charge on any atom is -0.449 e. The van der Waals surface area contributed by atoms with Gasteiger partial charge >= 0.3 is 12.5 Å². The van der Waals surface area contributed by atoms with E-state index in [0.717, 1.165) is 36.3 Å². The van der Waals surface area contributed by atoms with Crippen molar-refractivity contribution in [3.05, 3.63) is 24.3 Å². The van der Waals surface area contributed by atoms with Crippen molar-refractivity contribution in [1.82, 2.24) is 4.90 Å². The molecule has 1 saturated heterocycles. The summed E-state index contributed by atoms with van der Waals surface area (Å²) >= 11 is 5.40. The quantitative estimate of drug-likeness (QED) is 0.682. The minimum atomic E-state index is -4.80. The molecule has 0 aromatic heterocycles. The van der Waals surface area contributed by atoms with Crippen molar-refractivity contribution >= 4 is 35.0 Å². The van der Waals surface area contributed by atoms with E-state index in [9.17, 15) is 22.8 Å². The highest BCUT2D eigenvalue weighted by molar-refractivity contribution is 7.80. The maximum atomic E-state index is 13.2.